The minimum absolute atomic E-state index is 0.0869. The molecule has 0 radical (unpaired) electrons. The highest BCUT2D eigenvalue weighted by atomic mass is 32.2. The molecule has 1 saturated heterocycles. The second-order valence-electron chi connectivity index (χ2n) is 7.33. The van der Waals surface area contributed by atoms with Crippen molar-refractivity contribution >= 4 is 21.4 Å². The summed E-state index contributed by atoms with van der Waals surface area (Å²) >= 11 is 0. The number of nitrogens with zero attached hydrogens (tertiary/aromatic N) is 1. The van der Waals surface area contributed by atoms with Crippen LogP contribution in [0, 0.1) is 0 Å². The fourth-order valence-corrected chi connectivity index (χ4v) is 5.23. The maximum absolute atomic E-state index is 12.7. The smallest absolute Gasteiger partial charge is 0.238 e. The number of rotatable bonds is 7. The Kier molecular flexibility index (Phi) is 6.01. The third-order valence-electron chi connectivity index (χ3n) is 4.87. The van der Waals surface area contributed by atoms with Crippen LogP contribution in [0.4, 0.5) is 5.69 Å². The van der Waals surface area contributed by atoms with Gasteiger partial charge in [0.1, 0.15) is 5.76 Å². The maximum atomic E-state index is 12.7. The van der Waals surface area contributed by atoms with Gasteiger partial charge in [-0.25, -0.2) is 8.42 Å². The van der Waals surface area contributed by atoms with E-state index in [9.17, 15) is 13.2 Å². The largest absolute Gasteiger partial charge is 0.468 e. The molecule has 1 aromatic heterocycles. The number of benzene rings is 1. The molecule has 0 saturated carbocycles. The molecule has 0 aliphatic carbocycles. The zero-order chi connectivity index (χ0) is 19.4. The van der Waals surface area contributed by atoms with E-state index < -0.39 is 9.84 Å². The minimum atomic E-state index is -3.04. The van der Waals surface area contributed by atoms with Gasteiger partial charge in [-0.15, -0.1) is 0 Å². The number of hydrogen-bond donors (Lipinski definition) is 1. The molecule has 1 atom stereocenters. The normalized spacial score (nSPS) is 18.9. The fourth-order valence-electron chi connectivity index (χ4n) is 3.47. The Hall–Kier alpha value is -2.12. The van der Waals surface area contributed by atoms with E-state index in [2.05, 4.69) is 19.2 Å². The summed E-state index contributed by atoms with van der Waals surface area (Å²) in [4.78, 5) is 14.6. The van der Waals surface area contributed by atoms with Gasteiger partial charge in [0, 0.05) is 11.7 Å². The van der Waals surface area contributed by atoms with Gasteiger partial charge in [-0.1, -0.05) is 32.0 Å². The second kappa shape index (κ2) is 8.27. The van der Waals surface area contributed by atoms with Crippen LogP contribution in [0.2, 0.25) is 0 Å². The third kappa shape index (κ3) is 5.20. The van der Waals surface area contributed by atoms with Gasteiger partial charge in [-0.3, -0.25) is 9.69 Å². The summed E-state index contributed by atoms with van der Waals surface area (Å²) < 4.78 is 29.2. The molecule has 146 valence electrons. The van der Waals surface area contributed by atoms with Crippen LogP contribution >= 0.6 is 0 Å². The first-order valence-corrected chi connectivity index (χ1v) is 11.0. The van der Waals surface area contributed by atoms with Crippen molar-refractivity contribution in [3.05, 3.63) is 54.0 Å². The molecule has 2 heterocycles. The molecule has 1 aliphatic rings. The van der Waals surface area contributed by atoms with Crippen LogP contribution in [0.1, 0.15) is 37.5 Å². The molecule has 0 spiro atoms. The van der Waals surface area contributed by atoms with Crippen molar-refractivity contribution in [3.63, 3.8) is 0 Å². The lowest BCUT2D eigenvalue weighted by Gasteiger charge is -2.26. The Labute approximate surface area is 160 Å². The zero-order valence-corrected chi connectivity index (χ0v) is 16.5. The predicted octanol–water partition coefficient (Wildman–Crippen LogP) is 3.03. The zero-order valence-electron chi connectivity index (χ0n) is 15.7. The number of nitrogens with one attached hydrogen (secondary N) is 1. The second-order valence-corrected chi connectivity index (χ2v) is 9.56. The summed E-state index contributed by atoms with van der Waals surface area (Å²) in [6.45, 7) is 4.69. The number of furan rings is 1. The summed E-state index contributed by atoms with van der Waals surface area (Å²) in [7, 11) is -3.04. The van der Waals surface area contributed by atoms with Crippen LogP contribution in [-0.4, -0.2) is 43.3 Å². The number of carbonyl (C=O) groups excluding carboxylic acids is 1. The lowest BCUT2D eigenvalue weighted by Crippen LogP contribution is -2.41. The van der Waals surface area contributed by atoms with Crippen molar-refractivity contribution in [1.29, 1.82) is 0 Å². The Morgan fingerprint density at radius 1 is 1.26 bits per heavy atom. The third-order valence-corrected chi connectivity index (χ3v) is 6.62. The summed E-state index contributed by atoms with van der Waals surface area (Å²) in [6, 6.07) is 11.2. The van der Waals surface area contributed by atoms with Crippen LogP contribution in [0.15, 0.2) is 47.1 Å². The molecular formula is C20H26N2O4S. The van der Waals surface area contributed by atoms with Crippen LogP contribution in [0.25, 0.3) is 0 Å². The highest BCUT2D eigenvalue weighted by molar-refractivity contribution is 7.91. The van der Waals surface area contributed by atoms with Crippen molar-refractivity contribution in [2.24, 2.45) is 0 Å². The van der Waals surface area contributed by atoms with Crippen molar-refractivity contribution in [2.75, 3.05) is 23.4 Å². The van der Waals surface area contributed by atoms with E-state index in [-0.39, 0.29) is 30.0 Å². The Balaban J connectivity index is 1.72. The molecule has 1 fully saturated rings. The Bertz CT molecular complexity index is 875. The number of amides is 1. The van der Waals surface area contributed by atoms with Gasteiger partial charge in [0.2, 0.25) is 5.91 Å². The Morgan fingerprint density at radius 3 is 2.67 bits per heavy atom. The number of sulfone groups is 1. The number of anilines is 1. The minimum Gasteiger partial charge on any atom is -0.468 e. The molecule has 1 aliphatic heterocycles. The highest BCUT2D eigenvalue weighted by Crippen LogP contribution is 2.24. The van der Waals surface area contributed by atoms with Crippen LogP contribution < -0.4 is 5.32 Å². The van der Waals surface area contributed by atoms with Gasteiger partial charge in [0.05, 0.1) is 30.9 Å². The quantitative estimate of drug-likeness (QED) is 0.786. The van der Waals surface area contributed by atoms with Crippen molar-refractivity contribution in [1.82, 2.24) is 4.90 Å². The van der Waals surface area contributed by atoms with Crippen LogP contribution in [-0.2, 0) is 21.2 Å². The first kappa shape index (κ1) is 19.6. The van der Waals surface area contributed by atoms with E-state index in [4.69, 9.17) is 4.42 Å². The molecule has 1 amide bonds. The summed E-state index contributed by atoms with van der Waals surface area (Å²) in [6.07, 6.45) is 2.12. The number of para-hydroxylation sites is 1. The molecule has 1 N–H and O–H groups in total. The van der Waals surface area contributed by atoms with Gasteiger partial charge in [-0.05, 0) is 36.1 Å². The maximum Gasteiger partial charge on any atom is 0.238 e. The average Bonchev–Trinajstić information content (AvgIpc) is 3.23. The van der Waals surface area contributed by atoms with E-state index in [1.165, 1.54) is 0 Å². The van der Waals surface area contributed by atoms with Gasteiger partial charge in [-0.2, -0.15) is 0 Å². The molecular weight excluding hydrogens is 364 g/mol. The molecule has 3 rings (SSSR count). The van der Waals surface area contributed by atoms with E-state index >= 15 is 0 Å². The average molecular weight is 391 g/mol. The predicted molar refractivity (Wildman–Crippen MR) is 105 cm³/mol. The van der Waals surface area contributed by atoms with Gasteiger partial charge in [0.15, 0.2) is 9.84 Å². The van der Waals surface area contributed by atoms with Gasteiger partial charge < -0.3 is 9.73 Å². The molecule has 2 aromatic rings. The van der Waals surface area contributed by atoms with E-state index in [1.807, 2.05) is 35.2 Å². The molecule has 0 unspecified atom stereocenters. The van der Waals surface area contributed by atoms with Crippen molar-refractivity contribution in [2.45, 2.75) is 38.8 Å². The standard InChI is InChI=1S/C20H26N2O4S/c1-15(2)18-7-3-4-8-19(18)21-20(23)13-22(12-17-6-5-10-26-17)16-9-11-27(24,25)14-16/h3-8,10,15-16H,9,11-14H2,1-2H3,(H,21,23)/t16-/m0/s1. The number of carbonyl (C=O) groups is 1. The lowest BCUT2D eigenvalue weighted by atomic mass is 10.0. The summed E-state index contributed by atoms with van der Waals surface area (Å²) in [5.41, 5.74) is 1.88. The van der Waals surface area contributed by atoms with Gasteiger partial charge >= 0.3 is 0 Å². The van der Waals surface area contributed by atoms with Crippen molar-refractivity contribution < 1.29 is 17.6 Å². The fraction of sp³-hybridized carbons (Fsp3) is 0.450. The molecule has 1 aromatic carbocycles. The molecule has 0 bridgehead atoms. The molecule has 27 heavy (non-hydrogen) atoms. The van der Waals surface area contributed by atoms with Crippen molar-refractivity contribution in [3.8, 4) is 0 Å². The highest BCUT2D eigenvalue weighted by Gasteiger charge is 2.33. The SMILES string of the molecule is CC(C)c1ccccc1NC(=O)CN(Cc1ccco1)[C@H]1CCS(=O)(=O)C1. The van der Waals surface area contributed by atoms with E-state index in [0.29, 0.717) is 18.9 Å². The van der Waals surface area contributed by atoms with Gasteiger partial charge in [0.25, 0.3) is 0 Å². The van der Waals surface area contributed by atoms with Crippen LogP contribution in [0.5, 0.6) is 0 Å². The molecule has 6 nitrogen and oxygen atoms in total. The first-order chi connectivity index (χ1) is 12.8. The van der Waals surface area contributed by atoms with Crippen LogP contribution in [0.3, 0.4) is 0 Å². The Morgan fingerprint density at radius 2 is 2.04 bits per heavy atom. The summed E-state index contributed by atoms with van der Waals surface area (Å²) in [5.74, 6) is 1.11. The lowest BCUT2D eigenvalue weighted by molar-refractivity contribution is -0.118. The monoisotopic (exact) mass is 390 g/mol. The van der Waals surface area contributed by atoms with E-state index in [0.717, 1.165) is 17.0 Å². The summed E-state index contributed by atoms with van der Waals surface area (Å²) in [5, 5.41) is 2.99. The topological polar surface area (TPSA) is 79.6 Å². The molecule has 7 heteroatoms. The number of hydrogen-bond acceptors (Lipinski definition) is 5. The first-order valence-electron chi connectivity index (χ1n) is 9.19. The van der Waals surface area contributed by atoms with E-state index in [1.54, 1.807) is 12.3 Å².